The predicted molar refractivity (Wildman–Crippen MR) is 105 cm³/mol. The maximum absolute atomic E-state index is 12.1. The van der Waals surface area contributed by atoms with Crippen LogP contribution in [0.3, 0.4) is 0 Å². The lowest BCUT2D eigenvalue weighted by Gasteiger charge is -2.03. The fourth-order valence-corrected chi connectivity index (χ4v) is 2.57. The third kappa shape index (κ3) is 5.97. The van der Waals surface area contributed by atoms with Crippen molar-refractivity contribution < 1.29 is 36.8 Å². The van der Waals surface area contributed by atoms with Crippen molar-refractivity contribution in [3.05, 3.63) is 60.8 Å². The summed E-state index contributed by atoms with van der Waals surface area (Å²) in [6.07, 6.45) is 1.09. The summed E-state index contributed by atoms with van der Waals surface area (Å²) in [6.45, 7) is 1.34. The molecule has 0 aliphatic carbocycles. The smallest absolute Gasteiger partial charge is 0.475 e. The largest absolute Gasteiger partial charge is 0.490 e. The van der Waals surface area contributed by atoms with Gasteiger partial charge in [-0.15, -0.1) is 0 Å². The molecule has 9 nitrogen and oxygen atoms in total. The Morgan fingerprint density at radius 1 is 1.16 bits per heavy atom. The number of aliphatic carboxylic acids is 1. The van der Waals surface area contributed by atoms with Crippen molar-refractivity contribution in [3.8, 4) is 11.5 Å². The van der Waals surface area contributed by atoms with E-state index < -0.39 is 12.1 Å². The zero-order valence-electron chi connectivity index (χ0n) is 16.4. The van der Waals surface area contributed by atoms with Crippen LogP contribution in [-0.4, -0.2) is 44.4 Å². The Morgan fingerprint density at radius 2 is 1.91 bits per heavy atom. The fraction of sp³-hybridized carbons (Fsp3) is 0.200. The Balaban J connectivity index is 0.000000360. The highest BCUT2D eigenvalue weighted by Crippen LogP contribution is 2.28. The Hall–Kier alpha value is -4.09. The zero-order chi connectivity index (χ0) is 23.1. The molecule has 3 heterocycles. The van der Waals surface area contributed by atoms with Crippen LogP contribution in [0.25, 0.3) is 22.5 Å². The van der Waals surface area contributed by atoms with Gasteiger partial charge in [-0.1, -0.05) is 23.4 Å². The van der Waals surface area contributed by atoms with Crippen molar-refractivity contribution in [1.82, 2.24) is 20.0 Å². The Bertz CT molecular complexity index is 1150. The molecule has 1 aromatic carbocycles. The van der Waals surface area contributed by atoms with Crippen LogP contribution in [0.5, 0.6) is 0 Å². The lowest BCUT2D eigenvalue weighted by atomic mass is 10.2. The first kappa shape index (κ1) is 22.6. The molecule has 0 bridgehead atoms. The normalized spacial score (nSPS) is 11.1. The second-order valence-electron chi connectivity index (χ2n) is 6.44. The van der Waals surface area contributed by atoms with Gasteiger partial charge < -0.3 is 23.9 Å². The van der Waals surface area contributed by atoms with Crippen molar-refractivity contribution in [1.29, 1.82) is 0 Å². The number of carboxylic acids is 1. The van der Waals surface area contributed by atoms with Crippen molar-refractivity contribution in [2.75, 3.05) is 6.54 Å². The van der Waals surface area contributed by atoms with E-state index in [0.717, 1.165) is 23.9 Å². The number of hydrogen-bond acceptors (Lipinski definition) is 6. The number of para-hydroxylation sites is 1. The molecule has 2 N–H and O–H groups in total. The van der Waals surface area contributed by atoms with Gasteiger partial charge in [-0.05, 0) is 18.6 Å². The van der Waals surface area contributed by atoms with Gasteiger partial charge >= 0.3 is 12.1 Å². The number of carboxylic acid groups (broad SMARTS) is 1. The van der Waals surface area contributed by atoms with Crippen molar-refractivity contribution >= 4 is 22.8 Å². The lowest BCUT2D eigenvalue weighted by Crippen LogP contribution is -2.25. The van der Waals surface area contributed by atoms with E-state index in [9.17, 15) is 18.0 Å². The average Bonchev–Trinajstić information content (AvgIpc) is 3.51. The molecule has 0 aliphatic rings. The van der Waals surface area contributed by atoms with Gasteiger partial charge in [0.2, 0.25) is 5.76 Å². The highest BCUT2D eigenvalue weighted by molar-refractivity contribution is 5.93. The predicted octanol–water partition coefficient (Wildman–Crippen LogP) is 3.74. The van der Waals surface area contributed by atoms with Crippen molar-refractivity contribution in [2.24, 2.45) is 0 Å². The van der Waals surface area contributed by atoms with E-state index >= 15 is 0 Å². The topological polar surface area (TPSA) is 123 Å². The highest BCUT2D eigenvalue weighted by atomic mass is 19.4. The SMILES string of the molecule is O=C(NCCCn1ccnc1)c1cc(-c2cc3ccccc3o2)on1.O=C(O)C(F)(F)F. The van der Waals surface area contributed by atoms with E-state index in [1.54, 1.807) is 18.6 Å². The molecule has 0 radical (unpaired) electrons. The second kappa shape index (κ2) is 9.81. The van der Waals surface area contributed by atoms with Gasteiger partial charge in [0.25, 0.3) is 5.91 Å². The van der Waals surface area contributed by atoms with Gasteiger partial charge in [0.15, 0.2) is 11.5 Å². The number of benzene rings is 1. The number of alkyl halides is 3. The number of carbonyl (C=O) groups is 2. The van der Waals surface area contributed by atoms with Crippen LogP contribution in [0.4, 0.5) is 13.2 Å². The van der Waals surface area contributed by atoms with Crippen LogP contribution in [0.1, 0.15) is 16.9 Å². The third-order valence-electron chi connectivity index (χ3n) is 4.09. The van der Waals surface area contributed by atoms with Gasteiger partial charge in [-0.2, -0.15) is 13.2 Å². The zero-order valence-corrected chi connectivity index (χ0v) is 16.4. The Morgan fingerprint density at radius 3 is 2.56 bits per heavy atom. The Labute approximate surface area is 178 Å². The highest BCUT2D eigenvalue weighted by Gasteiger charge is 2.38. The van der Waals surface area contributed by atoms with Gasteiger partial charge in [-0.3, -0.25) is 4.79 Å². The fourth-order valence-electron chi connectivity index (χ4n) is 2.57. The molecule has 0 aliphatic heterocycles. The van der Waals surface area contributed by atoms with Gasteiger partial charge in [-0.25, -0.2) is 9.78 Å². The van der Waals surface area contributed by atoms with E-state index in [4.69, 9.17) is 18.8 Å². The molecule has 168 valence electrons. The maximum Gasteiger partial charge on any atom is 0.490 e. The number of amides is 1. The summed E-state index contributed by atoms with van der Waals surface area (Å²) >= 11 is 0. The van der Waals surface area contributed by atoms with E-state index in [1.165, 1.54) is 0 Å². The summed E-state index contributed by atoms with van der Waals surface area (Å²) in [5.74, 6) is -2.04. The maximum atomic E-state index is 12.1. The molecule has 12 heteroatoms. The molecule has 32 heavy (non-hydrogen) atoms. The summed E-state index contributed by atoms with van der Waals surface area (Å²) in [5, 5.41) is 14.8. The van der Waals surface area contributed by atoms with Crippen molar-refractivity contribution in [2.45, 2.75) is 19.1 Å². The summed E-state index contributed by atoms with van der Waals surface area (Å²) in [5.41, 5.74) is 0.998. The van der Waals surface area contributed by atoms with Gasteiger partial charge in [0.1, 0.15) is 5.58 Å². The number of nitrogens with one attached hydrogen (secondary N) is 1. The number of aryl methyl sites for hydroxylation is 1. The number of fused-ring (bicyclic) bond motifs is 1. The number of hydrogen-bond donors (Lipinski definition) is 2. The number of imidazole rings is 1. The molecule has 0 fully saturated rings. The summed E-state index contributed by atoms with van der Waals surface area (Å²) in [7, 11) is 0. The lowest BCUT2D eigenvalue weighted by molar-refractivity contribution is -0.192. The van der Waals surface area contributed by atoms with E-state index in [0.29, 0.717) is 18.1 Å². The van der Waals surface area contributed by atoms with E-state index in [-0.39, 0.29) is 11.6 Å². The van der Waals surface area contributed by atoms with Gasteiger partial charge in [0, 0.05) is 36.9 Å². The first-order chi connectivity index (χ1) is 15.2. The molecule has 4 rings (SSSR count). The molecule has 3 aromatic heterocycles. The van der Waals surface area contributed by atoms with E-state index in [2.05, 4.69) is 15.5 Å². The number of aromatic nitrogens is 3. The van der Waals surface area contributed by atoms with Crippen LogP contribution < -0.4 is 5.32 Å². The van der Waals surface area contributed by atoms with Crippen LogP contribution >= 0.6 is 0 Å². The monoisotopic (exact) mass is 450 g/mol. The quantitative estimate of drug-likeness (QED) is 0.429. The summed E-state index contributed by atoms with van der Waals surface area (Å²) in [4.78, 5) is 25.0. The van der Waals surface area contributed by atoms with Crippen molar-refractivity contribution in [3.63, 3.8) is 0 Å². The minimum atomic E-state index is -5.08. The van der Waals surface area contributed by atoms with Crippen LogP contribution in [-0.2, 0) is 11.3 Å². The molecular weight excluding hydrogens is 433 g/mol. The minimum Gasteiger partial charge on any atom is -0.475 e. The number of furan rings is 1. The molecule has 0 atom stereocenters. The number of halogens is 3. The molecule has 0 saturated carbocycles. The molecule has 0 unspecified atom stereocenters. The second-order valence-corrected chi connectivity index (χ2v) is 6.44. The van der Waals surface area contributed by atoms with Crippen LogP contribution in [0.15, 0.2) is 64.1 Å². The average molecular weight is 450 g/mol. The minimum absolute atomic E-state index is 0.234. The molecule has 0 spiro atoms. The van der Waals surface area contributed by atoms with E-state index in [1.807, 2.05) is 41.1 Å². The Kier molecular flexibility index (Phi) is 6.93. The number of carbonyl (C=O) groups excluding carboxylic acids is 1. The molecule has 4 aromatic rings. The van der Waals surface area contributed by atoms with Gasteiger partial charge in [0.05, 0.1) is 6.33 Å². The molecular formula is C20H17F3N4O5. The number of nitrogens with zero attached hydrogens (tertiary/aromatic N) is 3. The third-order valence-corrected chi connectivity index (χ3v) is 4.09. The first-order valence-electron chi connectivity index (χ1n) is 9.24. The molecule has 1 amide bonds. The standard InChI is InChI=1S/C18H16N4O3.C2HF3O2/c23-18(20-6-3-8-22-9-7-19-12-22)14-11-17(25-21-14)16-10-13-4-1-2-5-15(13)24-16;3-2(4,5)1(6)7/h1-2,4-5,7,9-12H,3,6,8H2,(H,20,23);(H,6,7). The van der Waals surface area contributed by atoms with Crippen LogP contribution in [0, 0.1) is 0 Å². The summed E-state index contributed by atoms with van der Waals surface area (Å²) < 4.78 is 44.7. The summed E-state index contributed by atoms with van der Waals surface area (Å²) in [6, 6.07) is 11.1. The first-order valence-corrected chi connectivity index (χ1v) is 9.24. The molecule has 0 saturated heterocycles. The number of rotatable bonds is 6. The van der Waals surface area contributed by atoms with Crippen LogP contribution in [0.2, 0.25) is 0 Å².